The summed E-state index contributed by atoms with van der Waals surface area (Å²) in [4.78, 5) is 29.2. The Bertz CT molecular complexity index is 1090. The van der Waals surface area contributed by atoms with Crippen LogP contribution >= 0.6 is 0 Å². The van der Waals surface area contributed by atoms with Crippen LogP contribution in [-0.4, -0.2) is 47.8 Å². The lowest BCUT2D eigenvalue weighted by Gasteiger charge is -2.22. The molecule has 2 amide bonds. The predicted octanol–water partition coefficient (Wildman–Crippen LogP) is 4.39. The van der Waals surface area contributed by atoms with E-state index in [1.165, 1.54) is 12.1 Å². The maximum absolute atomic E-state index is 14.0. The summed E-state index contributed by atoms with van der Waals surface area (Å²) in [5, 5.41) is 0. The molecule has 0 atom stereocenters. The Hall–Kier alpha value is -3.67. The Balaban J connectivity index is 1.38. The van der Waals surface area contributed by atoms with Crippen molar-refractivity contribution in [3.63, 3.8) is 0 Å². The third-order valence-corrected chi connectivity index (χ3v) is 5.50. The molecule has 32 heavy (non-hydrogen) atoms. The summed E-state index contributed by atoms with van der Waals surface area (Å²) in [5.41, 5.74) is 1.66. The quantitative estimate of drug-likeness (QED) is 0.601. The third-order valence-electron chi connectivity index (χ3n) is 5.50. The number of carbonyl (C=O) groups is 2. The second kappa shape index (κ2) is 10.1. The number of hydrogen-bond acceptors (Lipinski definition) is 3. The second-order valence-corrected chi connectivity index (χ2v) is 7.72. The summed E-state index contributed by atoms with van der Waals surface area (Å²) in [6.07, 6.45) is 0.635. The number of benzene rings is 3. The molecule has 4 rings (SSSR count). The van der Waals surface area contributed by atoms with Crippen LogP contribution in [0.25, 0.3) is 0 Å². The van der Waals surface area contributed by atoms with E-state index in [1.54, 1.807) is 40.1 Å². The lowest BCUT2D eigenvalue weighted by atomic mass is 10.2. The number of ether oxygens (including phenoxy) is 1. The first-order valence-corrected chi connectivity index (χ1v) is 10.7. The van der Waals surface area contributed by atoms with E-state index >= 15 is 0 Å². The SMILES string of the molecule is O=C(c1cccc(OCc2ccccc2)c1)N1CCCN(C(=O)c2ccccc2F)CC1. The molecule has 6 heteroatoms. The summed E-state index contributed by atoms with van der Waals surface area (Å²) in [6.45, 7) is 2.21. The minimum Gasteiger partial charge on any atom is -0.489 e. The van der Waals surface area contributed by atoms with Gasteiger partial charge in [0.25, 0.3) is 11.8 Å². The maximum atomic E-state index is 14.0. The average molecular weight is 432 g/mol. The van der Waals surface area contributed by atoms with Crippen molar-refractivity contribution in [1.82, 2.24) is 9.80 Å². The normalized spacial score (nSPS) is 14.0. The Morgan fingerprint density at radius 1 is 0.781 bits per heavy atom. The van der Waals surface area contributed by atoms with E-state index in [9.17, 15) is 14.0 Å². The lowest BCUT2D eigenvalue weighted by molar-refractivity contribution is 0.0716. The van der Waals surface area contributed by atoms with E-state index in [0.29, 0.717) is 50.5 Å². The van der Waals surface area contributed by atoms with Crippen molar-refractivity contribution < 1.29 is 18.7 Å². The first-order valence-electron chi connectivity index (χ1n) is 10.7. The van der Waals surface area contributed by atoms with E-state index in [4.69, 9.17) is 4.74 Å². The van der Waals surface area contributed by atoms with Crippen LogP contribution in [0.15, 0.2) is 78.9 Å². The molecule has 1 saturated heterocycles. The van der Waals surface area contributed by atoms with Crippen molar-refractivity contribution >= 4 is 11.8 Å². The number of rotatable bonds is 5. The molecular weight excluding hydrogens is 407 g/mol. The third kappa shape index (κ3) is 5.14. The zero-order chi connectivity index (χ0) is 22.3. The Kier molecular flexibility index (Phi) is 6.80. The molecule has 0 spiro atoms. The van der Waals surface area contributed by atoms with E-state index in [2.05, 4.69) is 0 Å². The van der Waals surface area contributed by atoms with Crippen molar-refractivity contribution in [1.29, 1.82) is 0 Å². The lowest BCUT2D eigenvalue weighted by Crippen LogP contribution is -2.37. The molecule has 1 aliphatic rings. The standard InChI is InChI=1S/C26H25FN2O3/c27-24-13-5-4-12-23(24)26(31)29-15-7-14-28(16-17-29)25(30)21-10-6-11-22(18-21)32-19-20-8-2-1-3-9-20/h1-6,8-13,18H,7,14-17,19H2. The molecule has 0 bridgehead atoms. The van der Waals surface area contributed by atoms with Crippen LogP contribution in [0.4, 0.5) is 4.39 Å². The van der Waals surface area contributed by atoms with E-state index < -0.39 is 5.82 Å². The smallest absolute Gasteiger partial charge is 0.256 e. The van der Waals surface area contributed by atoms with Gasteiger partial charge in [0.15, 0.2) is 0 Å². The fourth-order valence-corrected chi connectivity index (χ4v) is 3.77. The van der Waals surface area contributed by atoms with Crippen LogP contribution in [-0.2, 0) is 6.61 Å². The van der Waals surface area contributed by atoms with Gasteiger partial charge in [0.1, 0.15) is 18.2 Å². The summed E-state index contributed by atoms with van der Waals surface area (Å²) in [5.74, 6) is -0.336. The van der Waals surface area contributed by atoms with Crippen molar-refractivity contribution in [2.24, 2.45) is 0 Å². The van der Waals surface area contributed by atoms with Crippen LogP contribution in [0.2, 0.25) is 0 Å². The number of amides is 2. The number of hydrogen-bond donors (Lipinski definition) is 0. The molecule has 1 fully saturated rings. The van der Waals surface area contributed by atoms with E-state index in [-0.39, 0.29) is 17.4 Å². The average Bonchev–Trinajstić information content (AvgIpc) is 3.09. The van der Waals surface area contributed by atoms with Crippen LogP contribution in [0.1, 0.15) is 32.7 Å². The van der Waals surface area contributed by atoms with Crippen molar-refractivity contribution in [3.8, 4) is 5.75 Å². The van der Waals surface area contributed by atoms with Gasteiger partial charge in [-0.25, -0.2) is 4.39 Å². The predicted molar refractivity (Wildman–Crippen MR) is 120 cm³/mol. The summed E-state index contributed by atoms with van der Waals surface area (Å²) in [6, 6.07) is 23.0. The highest BCUT2D eigenvalue weighted by molar-refractivity contribution is 5.95. The van der Waals surface area contributed by atoms with Crippen LogP contribution in [0.5, 0.6) is 5.75 Å². The van der Waals surface area contributed by atoms with Crippen LogP contribution in [0, 0.1) is 5.82 Å². The zero-order valence-corrected chi connectivity index (χ0v) is 17.7. The highest BCUT2D eigenvalue weighted by Crippen LogP contribution is 2.18. The molecule has 0 unspecified atom stereocenters. The maximum Gasteiger partial charge on any atom is 0.256 e. The fraction of sp³-hybridized carbons (Fsp3) is 0.231. The molecule has 3 aromatic carbocycles. The Morgan fingerprint density at radius 2 is 1.47 bits per heavy atom. The number of halogens is 1. The number of nitrogens with zero attached hydrogens (tertiary/aromatic N) is 2. The van der Waals surface area contributed by atoms with E-state index in [0.717, 1.165) is 5.56 Å². The first kappa shape index (κ1) is 21.6. The number of carbonyl (C=O) groups excluding carboxylic acids is 2. The topological polar surface area (TPSA) is 49.9 Å². The minimum absolute atomic E-state index is 0.0653. The van der Waals surface area contributed by atoms with Gasteiger partial charge in [-0.3, -0.25) is 9.59 Å². The summed E-state index contributed by atoms with van der Waals surface area (Å²) >= 11 is 0. The van der Waals surface area contributed by atoms with Crippen LogP contribution < -0.4 is 4.74 Å². The highest BCUT2D eigenvalue weighted by atomic mass is 19.1. The molecule has 0 aliphatic carbocycles. The molecule has 0 saturated carbocycles. The van der Waals surface area contributed by atoms with Gasteiger partial charge in [-0.05, 0) is 42.3 Å². The van der Waals surface area contributed by atoms with Gasteiger partial charge >= 0.3 is 0 Å². The minimum atomic E-state index is -0.526. The summed E-state index contributed by atoms with van der Waals surface area (Å²) < 4.78 is 19.9. The molecule has 164 valence electrons. The van der Waals surface area contributed by atoms with Gasteiger partial charge in [-0.2, -0.15) is 0 Å². The Labute approximate surface area is 187 Å². The van der Waals surface area contributed by atoms with Gasteiger partial charge in [0.05, 0.1) is 5.56 Å². The van der Waals surface area contributed by atoms with E-state index in [1.807, 2.05) is 36.4 Å². The molecule has 1 aliphatic heterocycles. The van der Waals surface area contributed by atoms with Crippen molar-refractivity contribution in [2.75, 3.05) is 26.2 Å². The first-order chi connectivity index (χ1) is 15.6. The molecule has 0 N–H and O–H groups in total. The monoisotopic (exact) mass is 432 g/mol. The molecule has 5 nitrogen and oxygen atoms in total. The van der Waals surface area contributed by atoms with Gasteiger partial charge in [0, 0.05) is 31.7 Å². The van der Waals surface area contributed by atoms with Crippen molar-refractivity contribution in [2.45, 2.75) is 13.0 Å². The van der Waals surface area contributed by atoms with Crippen LogP contribution in [0.3, 0.4) is 0 Å². The summed E-state index contributed by atoms with van der Waals surface area (Å²) in [7, 11) is 0. The molecule has 1 heterocycles. The van der Waals surface area contributed by atoms with Gasteiger partial charge in [-0.15, -0.1) is 0 Å². The molecule has 3 aromatic rings. The Morgan fingerprint density at radius 3 is 2.22 bits per heavy atom. The highest BCUT2D eigenvalue weighted by Gasteiger charge is 2.25. The van der Waals surface area contributed by atoms with Gasteiger partial charge in [0.2, 0.25) is 0 Å². The molecule has 0 aromatic heterocycles. The fourth-order valence-electron chi connectivity index (χ4n) is 3.77. The van der Waals surface area contributed by atoms with Gasteiger partial charge in [-0.1, -0.05) is 48.5 Å². The largest absolute Gasteiger partial charge is 0.489 e. The molecule has 0 radical (unpaired) electrons. The van der Waals surface area contributed by atoms with Gasteiger partial charge < -0.3 is 14.5 Å². The second-order valence-electron chi connectivity index (χ2n) is 7.72. The molecular formula is C26H25FN2O3. The zero-order valence-electron chi connectivity index (χ0n) is 17.7. The van der Waals surface area contributed by atoms with Crippen molar-refractivity contribution in [3.05, 3.63) is 101 Å².